The van der Waals surface area contributed by atoms with Crippen molar-refractivity contribution in [3.63, 3.8) is 0 Å². The van der Waals surface area contributed by atoms with Crippen molar-refractivity contribution in [2.24, 2.45) is 0 Å². The van der Waals surface area contributed by atoms with Crippen molar-refractivity contribution in [2.45, 2.75) is 20.4 Å². The topological polar surface area (TPSA) is 95.7 Å². The van der Waals surface area contributed by atoms with Gasteiger partial charge in [-0.2, -0.15) is 0 Å². The third-order valence-corrected chi connectivity index (χ3v) is 2.32. The van der Waals surface area contributed by atoms with E-state index in [1.54, 1.807) is 13.8 Å². The molecule has 0 aliphatic carbocycles. The van der Waals surface area contributed by atoms with E-state index in [0.717, 1.165) is 10.5 Å². The number of carboxylic acid groups (broad SMARTS) is 1. The van der Waals surface area contributed by atoms with Crippen molar-refractivity contribution in [1.29, 1.82) is 0 Å². The van der Waals surface area contributed by atoms with E-state index in [4.69, 9.17) is 9.63 Å². The Morgan fingerprint density at radius 3 is 2.59 bits per heavy atom. The predicted molar refractivity (Wildman–Crippen MR) is 58.5 cm³/mol. The fraction of sp³-hybridized carbons (Fsp3) is 0.500. The SMILES string of the molecule is Cc1noc(C)c1CNC(=O)N(C)CC(=O)O. The molecule has 1 rings (SSSR count). The Hall–Kier alpha value is -2.05. The van der Waals surface area contributed by atoms with Crippen LogP contribution in [-0.4, -0.2) is 40.8 Å². The maximum Gasteiger partial charge on any atom is 0.323 e. The van der Waals surface area contributed by atoms with Crippen LogP contribution in [0.1, 0.15) is 17.0 Å². The summed E-state index contributed by atoms with van der Waals surface area (Å²) in [6.07, 6.45) is 0. The Morgan fingerprint density at radius 2 is 2.12 bits per heavy atom. The number of aliphatic carboxylic acids is 1. The molecule has 0 spiro atoms. The zero-order valence-corrected chi connectivity index (χ0v) is 9.98. The fourth-order valence-electron chi connectivity index (χ4n) is 1.33. The molecule has 0 bridgehead atoms. The van der Waals surface area contributed by atoms with Crippen molar-refractivity contribution in [3.8, 4) is 0 Å². The van der Waals surface area contributed by atoms with Crippen LogP contribution in [0.3, 0.4) is 0 Å². The van der Waals surface area contributed by atoms with E-state index in [0.29, 0.717) is 11.5 Å². The van der Waals surface area contributed by atoms with Crippen molar-refractivity contribution in [2.75, 3.05) is 13.6 Å². The molecule has 17 heavy (non-hydrogen) atoms. The van der Waals surface area contributed by atoms with Crippen LogP contribution in [0.5, 0.6) is 0 Å². The van der Waals surface area contributed by atoms with E-state index in [-0.39, 0.29) is 13.1 Å². The molecule has 0 aromatic carbocycles. The molecule has 2 amide bonds. The summed E-state index contributed by atoms with van der Waals surface area (Å²) in [6.45, 7) is 3.46. The number of aromatic nitrogens is 1. The summed E-state index contributed by atoms with van der Waals surface area (Å²) in [5, 5.41) is 14.9. The van der Waals surface area contributed by atoms with Crippen LogP contribution in [0.2, 0.25) is 0 Å². The number of amides is 2. The molecule has 1 aromatic heterocycles. The first-order valence-electron chi connectivity index (χ1n) is 5.04. The second-order valence-electron chi connectivity index (χ2n) is 3.71. The van der Waals surface area contributed by atoms with Gasteiger partial charge in [0, 0.05) is 19.2 Å². The minimum absolute atomic E-state index is 0.268. The molecule has 0 atom stereocenters. The average Bonchev–Trinajstić information content (AvgIpc) is 2.54. The van der Waals surface area contributed by atoms with Crippen LogP contribution in [0, 0.1) is 13.8 Å². The predicted octanol–water partition coefficient (Wildman–Crippen LogP) is 0.517. The first-order chi connectivity index (χ1) is 7.91. The number of rotatable bonds is 4. The van der Waals surface area contributed by atoms with Gasteiger partial charge >= 0.3 is 12.0 Å². The standard InChI is InChI=1S/C10H15N3O4/c1-6-8(7(2)17-12-6)4-11-10(16)13(3)5-9(14)15/h4-5H2,1-3H3,(H,11,16)(H,14,15). The third kappa shape index (κ3) is 3.47. The van der Waals surface area contributed by atoms with E-state index in [9.17, 15) is 9.59 Å². The van der Waals surface area contributed by atoms with E-state index in [1.807, 2.05) is 0 Å². The highest BCUT2D eigenvalue weighted by Crippen LogP contribution is 2.11. The van der Waals surface area contributed by atoms with Crippen LogP contribution >= 0.6 is 0 Å². The van der Waals surface area contributed by atoms with E-state index >= 15 is 0 Å². The molecule has 94 valence electrons. The summed E-state index contributed by atoms with van der Waals surface area (Å²) >= 11 is 0. The first kappa shape index (κ1) is 13.0. The number of carbonyl (C=O) groups is 2. The Morgan fingerprint density at radius 1 is 1.47 bits per heavy atom. The molecule has 0 fully saturated rings. The molecular formula is C10H15N3O4. The van der Waals surface area contributed by atoms with Gasteiger partial charge in [-0.25, -0.2) is 4.79 Å². The molecule has 1 aromatic rings. The minimum Gasteiger partial charge on any atom is -0.480 e. The second kappa shape index (κ2) is 5.33. The van der Waals surface area contributed by atoms with Gasteiger partial charge in [-0.3, -0.25) is 4.79 Å². The lowest BCUT2D eigenvalue weighted by Crippen LogP contribution is -2.39. The van der Waals surface area contributed by atoms with Gasteiger partial charge in [0.2, 0.25) is 0 Å². The van der Waals surface area contributed by atoms with E-state index < -0.39 is 12.0 Å². The number of hydrogen-bond acceptors (Lipinski definition) is 4. The number of likely N-dealkylation sites (N-methyl/N-ethyl adjacent to an activating group) is 1. The summed E-state index contributed by atoms with van der Waals surface area (Å²) in [4.78, 5) is 23.0. The average molecular weight is 241 g/mol. The van der Waals surface area contributed by atoms with Gasteiger partial charge in [-0.1, -0.05) is 5.16 Å². The van der Waals surface area contributed by atoms with Crippen molar-refractivity contribution < 1.29 is 19.2 Å². The largest absolute Gasteiger partial charge is 0.480 e. The van der Waals surface area contributed by atoms with Gasteiger partial charge in [0.25, 0.3) is 0 Å². The highest BCUT2D eigenvalue weighted by atomic mass is 16.5. The highest BCUT2D eigenvalue weighted by molar-refractivity contribution is 5.79. The van der Waals surface area contributed by atoms with Crippen molar-refractivity contribution >= 4 is 12.0 Å². The van der Waals surface area contributed by atoms with Crippen LogP contribution in [0.25, 0.3) is 0 Å². The molecular weight excluding hydrogens is 226 g/mol. The molecule has 0 saturated heterocycles. The van der Waals surface area contributed by atoms with Crippen molar-refractivity contribution in [1.82, 2.24) is 15.4 Å². The van der Waals surface area contributed by atoms with Gasteiger partial charge in [-0.15, -0.1) is 0 Å². The monoisotopic (exact) mass is 241 g/mol. The summed E-state index contributed by atoms with van der Waals surface area (Å²) in [7, 11) is 1.41. The molecule has 0 unspecified atom stereocenters. The maximum absolute atomic E-state index is 11.5. The molecule has 2 N–H and O–H groups in total. The molecule has 1 heterocycles. The summed E-state index contributed by atoms with van der Waals surface area (Å²) in [5.74, 6) is -0.413. The number of hydrogen-bond donors (Lipinski definition) is 2. The zero-order chi connectivity index (χ0) is 13.0. The lowest BCUT2D eigenvalue weighted by molar-refractivity contribution is -0.137. The molecule has 0 aliphatic heterocycles. The quantitative estimate of drug-likeness (QED) is 0.801. The fourth-order valence-corrected chi connectivity index (χ4v) is 1.33. The van der Waals surface area contributed by atoms with Crippen molar-refractivity contribution in [3.05, 3.63) is 17.0 Å². The second-order valence-corrected chi connectivity index (χ2v) is 3.71. The van der Waals surface area contributed by atoms with E-state index in [1.165, 1.54) is 7.05 Å². The van der Waals surface area contributed by atoms with Gasteiger partial charge in [0.15, 0.2) is 0 Å². The molecule has 0 radical (unpaired) electrons. The van der Waals surface area contributed by atoms with Gasteiger partial charge < -0.3 is 19.8 Å². The smallest absolute Gasteiger partial charge is 0.323 e. The lowest BCUT2D eigenvalue weighted by atomic mass is 10.2. The first-order valence-corrected chi connectivity index (χ1v) is 5.04. The van der Waals surface area contributed by atoms with Gasteiger partial charge in [-0.05, 0) is 13.8 Å². The number of carbonyl (C=O) groups excluding carboxylic acids is 1. The number of urea groups is 1. The Kier molecular flexibility index (Phi) is 4.08. The lowest BCUT2D eigenvalue weighted by Gasteiger charge is -2.15. The number of carboxylic acids is 1. The Labute approximate surface area is 98.4 Å². The van der Waals surface area contributed by atoms with Crippen LogP contribution in [0.15, 0.2) is 4.52 Å². The summed E-state index contributed by atoms with van der Waals surface area (Å²) in [5.41, 5.74) is 1.52. The summed E-state index contributed by atoms with van der Waals surface area (Å²) < 4.78 is 4.94. The highest BCUT2D eigenvalue weighted by Gasteiger charge is 2.14. The van der Waals surface area contributed by atoms with Crippen LogP contribution in [-0.2, 0) is 11.3 Å². The Balaban J connectivity index is 2.51. The normalized spacial score (nSPS) is 10.1. The maximum atomic E-state index is 11.5. The zero-order valence-electron chi connectivity index (χ0n) is 9.98. The number of nitrogens with one attached hydrogen (secondary N) is 1. The van der Waals surface area contributed by atoms with Crippen LogP contribution in [0.4, 0.5) is 4.79 Å². The number of nitrogens with zero attached hydrogens (tertiary/aromatic N) is 2. The minimum atomic E-state index is -1.06. The Bertz CT molecular complexity index is 408. The molecule has 0 aliphatic rings. The molecule has 7 nitrogen and oxygen atoms in total. The summed E-state index contributed by atoms with van der Waals surface area (Å²) in [6, 6.07) is -0.451. The van der Waals surface area contributed by atoms with Gasteiger partial charge in [0.1, 0.15) is 12.3 Å². The van der Waals surface area contributed by atoms with E-state index in [2.05, 4.69) is 10.5 Å². The van der Waals surface area contributed by atoms with Crippen LogP contribution < -0.4 is 5.32 Å². The van der Waals surface area contributed by atoms with Gasteiger partial charge in [0.05, 0.1) is 5.69 Å². The molecule has 7 heteroatoms. The number of aryl methyl sites for hydroxylation is 2. The molecule has 0 saturated carbocycles. The third-order valence-electron chi connectivity index (χ3n) is 2.32.